The van der Waals surface area contributed by atoms with Crippen molar-refractivity contribution in [1.29, 1.82) is 0 Å². The lowest BCUT2D eigenvalue weighted by atomic mass is 10.1. The highest BCUT2D eigenvalue weighted by Gasteiger charge is 2.42. The lowest BCUT2D eigenvalue weighted by Gasteiger charge is -2.26. The average Bonchev–Trinajstić information content (AvgIpc) is 2.84. The molecule has 0 aliphatic carbocycles. The van der Waals surface area contributed by atoms with Gasteiger partial charge in [-0.15, -0.1) is 0 Å². The molecule has 0 fully saturated rings. The molecule has 3 rings (SSSR count). The summed E-state index contributed by atoms with van der Waals surface area (Å²) in [5.41, 5.74) is -1.99. The Kier molecular flexibility index (Phi) is 3.78. The van der Waals surface area contributed by atoms with Gasteiger partial charge >= 0.3 is 6.18 Å². The van der Waals surface area contributed by atoms with E-state index in [9.17, 15) is 27.6 Å². The number of amides is 3. The number of carbonyl (C=O) groups is 3. The number of aromatic nitrogens is 1. The number of nitrogens with zero attached hydrogens (tertiary/aromatic N) is 3. The maximum Gasteiger partial charge on any atom is 0.418 e. The summed E-state index contributed by atoms with van der Waals surface area (Å²) in [5, 5.41) is 1.05. The number of alkyl halides is 3. The van der Waals surface area contributed by atoms with Crippen LogP contribution < -0.4 is 0 Å². The number of hydrazine groups is 1. The quantitative estimate of drug-likeness (QED) is 0.781. The van der Waals surface area contributed by atoms with Gasteiger partial charge in [0.15, 0.2) is 0 Å². The van der Waals surface area contributed by atoms with Gasteiger partial charge in [-0.25, -0.2) is 5.01 Å². The minimum absolute atomic E-state index is 0.0733. The second kappa shape index (κ2) is 5.69. The molecule has 1 aliphatic heterocycles. The summed E-state index contributed by atoms with van der Waals surface area (Å²) in [6.07, 6.45) is -3.78. The van der Waals surface area contributed by atoms with E-state index in [4.69, 9.17) is 0 Å². The third-order valence-corrected chi connectivity index (χ3v) is 3.68. The van der Waals surface area contributed by atoms with Gasteiger partial charge in [0.05, 0.1) is 16.7 Å². The fourth-order valence-corrected chi connectivity index (χ4v) is 2.50. The number of halogens is 3. The SMILES string of the molecule is CN(C(=O)c1ncccc1C(F)(F)F)N1C(=O)c2ccccc2C1=O. The van der Waals surface area contributed by atoms with Gasteiger partial charge in [-0.05, 0) is 24.3 Å². The smallest absolute Gasteiger partial charge is 0.267 e. The Bertz CT molecular complexity index is 860. The molecule has 0 unspecified atom stereocenters. The third kappa shape index (κ3) is 2.63. The molecule has 2 heterocycles. The molecule has 2 aromatic rings. The van der Waals surface area contributed by atoms with Crippen LogP contribution in [0.3, 0.4) is 0 Å². The summed E-state index contributed by atoms with van der Waals surface area (Å²) in [7, 11) is 1.04. The number of imide groups is 1. The van der Waals surface area contributed by atoms with Crippen molar-refractivity contribution in [3.05, 3.63) is 65.0 Å². The highest BCUT2D eigenvalue weighted by Crippen LogP contribution is 2.32. The van der Waals surface area contributed by atoms with E-state index in [1.54, 1.807) is 0 Å². The molecule has 1 aromatic carbocycles. The number of pyridine rings is 1. The molecule has 0 N–H and O–H groups in total. The zero-order valence-electron chi connectivity index (χ0n) is 12.7. The van der Waals surface area contributed by atoms with Gasteiger partial charge < -0.3 is 0 Å². The van der Waals surface area contributed by atoms with Gasteiger partial charge in [-0.3, -0.25) is 19.4 Å². The van der Waals surface area contributed by atoms with Crippen LogP contribution in [0, 0.1) is 0 Å². The predicted octanol–water partition coefficient (Wildman–Crippen LogP) is 2.38. The standard InChI is InChI=1S/C16H10F3N3O3/c1-21(15(25)12-11(16(17,18)19)7-4-8-20-12)22-13(23)9-5-2-3-6-10(9)14(22)24/h2-8H,1H3. The van der Waals surface area contributed by atoms with Crippen molar-refractivity contribution < 1.29 is 27.6 Å². The number of hydrogen-bond acceptors (Lipinski definition) is 4. The first-order valence-electron chi connectivity index (χ1n) is 7.01. The maximum atomic E-state index is 13.1. The Morgan fingerprint density at radius 2 is 1.60 bits per heavy atom. The molecule has 9 heteroatoms. The summed E-state index contributed by atoms with van der Waals surface area (Å²) in [6, 6.07) is 7.62. The lowest BCUT2D eigenvalue weighted by molar-refractivity contribution is -0.138. The van der Waals surface area contributed by atoms with Crippen LogP contribution in [0.4, 0.5) is 13.2 Å². The van der Waals surface area contributed by atoms with Crippen LogP contribution in [0.25, 0.3) is 0 Å². The summed E-state index contributed by atoms with van der Waals surface area (Å²) in [5.74, 6) is -2.80. The summed E-state index contributed by atoms with van der Waals surface area (Å²) >= 11 is 0. The van der Waals surface area contributed by atoms with E-state index in [1.165, 1.54) is 24.3 Å². The topological polar surface area (TPSA) is 70.6 Å². The molecule has 1 aliphatic rings. The normalized spacial score (nSPS) is 13.8. The summed E-state index contributed by atoms with van der Waals surface area (Å²) < 4.78 is 39.2. The van der Waals surface area contributed by atoms with Crippen molar-refractivity contribution in [2.75, 3.05) is 7.05 Å². The molecule has 0 saturated carbocycles. The fourth-order valence-electron chi connectivity index (χ4n) is 2.50. The van der Waals surface area contributed by atoms with Gasteiger partial charge in [0, 0.05) is 13.2 Å². The van der Waals surface area contributed by atoms with E-state index in [-0.39, 0.29) is 11.1 Å². The van der Waals surface area contributed by atoms with E-state index in [1.807, 2.05) is 0 Å². The van der Waals surface area contributed by atoms with Crippen molar-refractivity contribution in [3.8, 4) is 0 Å². The van der Waals surface area contributed by atoms with Gasteiger partial charge in [0.2, 0.25) is 0 Å². The molecule has 1 aromatic heterocycles. The number of carbonyl (C=O) groups excluding carboxylic acids is 3. The van der Waals surface area contributed by atoms with Crippen LogP contribution in [-0.4, -0.2) is 39.8 Å². The fraction of sp³-hybridized carbons (Fsp3) is 0.125. The molecular formula is C16H10F3N3O3. The van der Waals surface area contributed by atoms with Crippen LogP contribution in [0.2, 0.25) is 0 Å². The zero-order valence-corrected chi connectivity index (χ0v) is 12.7. The molecular weight excluding hydrogens is 339 g/mol. The van der Waals surface area contributed by atoms with Crippen LogP contribution in [0.15, 0.2) is 42.6 Å². The van der Waals surface area contributed by atoms with Gasteiger partial charge in [0.1, 0.15) is 5.69 Å². The molecule has 3 amide bonds. The van der Waals surface area contributed by atoms with Crippen molar-refractivity contribution in [1.82, 2.24) is 15.0 Å². The van der Waals surface area contributed by atoms with Crippen LogP contribution in [0.1, 0.15) is 36.8 Å². The molecule has 0 saturated heterocycles. The summed E-state index contributed by atoms with van der Waals surface area (Å²) in [4.78, 5) is 40.6. The van der Waals surface area contributed by atoms with Crippen LogP contribution in [0.5, 0.6) is 0 Å². The van der Waals surface area contributed by atoms with Crippen LogP contribution >= 0.6 is 0 Å². The molecule has 25 heavy (non-hydrogen) atoms. The third-order valence-electron chi connectivity index (χ3n) is 3.68. The Morgan fingerprint density at radius 3 is 2.12 bits per heavy atom. The predicted molar refractivity (Wildman–Crippen MR) is 78.3 cm³/mol. The Labute approximate surface area is 139 Å². The molecule has 0 radical (unpaired) electrons. The first-order valence-corrected chi connectivity index (χ1v) is 7.01. The zero-order chi connectivity index (χ0) is 18.4. The second-order valence-electron chi connectivity index (χ2n) is 5.19. The van der Waals surface area contributed by atoms with Gasteiger partial charge in [0.25, 0.3) is 17.7 Å². The van der Waals surface area contributed by atoms with Crippen molar-refractivity contribution in [2.24, 2.45) is 0 Å². The van der Waals surface area contributed by atoms with E-state index < -0.39 is 35.2 Å². The first-order chi connectivity index (χ1) is 11.7. The number of hydrogen-bond donors (Lipinski definition) is 0. The number of fused-ring (bicyclic) bond motifs is 1. The van der Waals surface area contributed by atoms with E-state index in [2.05, 4.69) is 4.98 Å². The Hall–Kier alpha value is -3.23. The lowest BCUT2D eigenvalue weighted by Crippen LogP contribution is -2.47. The molecule has 0 bridgehead atoms. The average molecular weight is 349 g/mol. The van der Waals surface area contributed by atoms with E-state index in [0.717, 1.165) is 19.3 Å². The molecule has 6 nitrogen and oxygen atoms in total. The highest BCUT2D eigenvalue weighted by atomic mass is 19.4. The monoisotopic (exact) mass is 349 g/mol. The minimum Gasteiger partial charge on any atom is -0.267 e. The van der Waals surface area contributed by atoms with Crippen molar-refractivity contribution in [3.63, 3.8) is 0 Å². The van der Waals surface area contributed by atoms with Crippen LogP contribution in [-0.2, 0) is 6.18 Å². The minimum atomic E-state index is -4.80. The molecule has 0 spiro atoms. The first kappa shape index (κ1) is 16.6. The maximum absolute atomic E-state index is 13.1. The van der Waals surface area contributed by atoms with Crippen molar-refractivity contribution >= 4 is 17.7 Å². The number of benzene rings is 1. The number of rotatable bonds is 2. The van der Waals surface area contributed by atoms with E-state index >= 15 is 0 Å². The molecule has 128 valence electrons. The largest absolute Gasteiger partial charge is 0.418 e. The Morgan fingerprint density at radius 1 is 1.04 bits per heavy atom. The Balaban J connectivity index is 1.98. The second-order valence-corrected chi connectivity index (χ2v) is 5.19. The summed E-state index contributed by atoms with van der Waals surface area (Å²) in [6.45, 7) is 0. The van der Waals surface area contributed by atoms with Gasteiger partial charge in [-0.1, -0.05) is 12.1 Å². The van der Waals surface area contributed by atoms with Gasteiger partial charge in [-0.2, -0.15) is 18.2 Å². The van der Waals surface area contributed by atoms with Crippen molar-refractivity contribution in [2.45, 2.75) is 6.18 Å². The molecule has 0 atom stereocenters. The highest BCUT2D eigenvalue weighted by molar-refractivity contribution is 6.22. The van der Waals surface area contributed by atoms with E-state index in [0.29, 0.717) is 16.1 Å².